The van der Waals surface area contributed by atoms with Crippen LogP contribution < -0.4 is 10.0 Å². The van der Waals surface area contributed by atoms with Gasteiger partial charge in [0, 0.05) is 25.3 Å². The number of ether oxygens (including phenoxy) is 1. The Morgan fingerprint density at radius 3 is 2.19 bits per heavy atom. The Bertz CT molecular complexity index is 1360. The number of alkyl halides is 3. The molecule has 1 aliphatic heterocycles. The Morgan fingerprint density at radius 1 is 0.976 bits per heavy atom. The van der Waals surface area contributed by atoms with Crippen LogP contribution in [0.15, 0.2) is 47.4 Å². The highest BCUT2D eigenvalue weighted by Gasteiger charge is 2.51. The van der Waals surface area contributed by atoms with Crippen molar-refractivity contribution in [1.82, 2.24) is 10.2 Å². The van der Waals surface area contributed by atoms with Crippen LogP contribution >= 0.6 is 0 Å². The molecule has 1 saturated carbocycles. The highest BCUT2D eigenvalue weighted by molar-refractivity contribution is 7.92. The molecule has 42 heavy (non-hydrogen) atoms. The van der Waals surface area contributed by atoms with Crippen LogP contribution in [0, 0.1) is 0 Å². The van der Waals surface area contributed by atoms with E-state index in [4.69, 9.17) is 14.6 Å². The Hall–Kier alpha value is -3.16. The number of carbonyl (C=O) groups is 2. The number of aliphatic carboxylic acids is 1. The standard InChI is InChI=1S/C27H35N3O4S.C2HF3O2/c31-26(28-14-3-15-30-16-18-34-19-17-30)27(12-13-27)23-7-9-24(10-8-23)29-35(32,33)25-11-6-21-4-1-2-5-22(21)20-25;3-2(4,5)1(6)7/h6-11,20,29H,1-5,12-19H2,(H,28,31);(H,6,7). The number of hydrogen-bond acceptors (Lipinski definition) is 6. The van der Waals surface area contributed by atoms with Crippen LogP contribution in [0.25, 0.3) is 0 Å². The van der Waals surface area contributed by atoms with Crippen molar-refractivity contribution in [3.63, 3.8) is 0 Å². The number of carboxylic acid groups (broad SMARTS) is 1. The zero-order valence-electron chi connectivity index (χ0n) is 23.2. The van der Waals surface area contributed by atoms with Gasteiger partial charge >= 0.3 is 12.1 Å². The van der Waals surface area contributed by atoms with E-state index in [1.807, 2.05) is 24.3 Å². The van der Waals surface area contributed by atoms with Crippen LogP contribution in [0.3, 0.4) is 0 Å². The molecule has 2 aromatic carbocycles. The number of fused-ring (bicyclic) bond motifs is 1. The van der Waals surface area contributed by atoms with Gasteiger partial charge in [0.1, 0.15) is 0 Å². The van der Waals surface area contributed by atoms with E-state index >= 15 is 0 Å². The van der Waals surface area contributed by atoms with E-state index in [0.717, 1.165) is 88.9 Å². The summed E-state index contributed by atoms with van der Waals surface area (Å²) < 4.78 is 65.7. The summed E-state index contributed by atoms with van der Waals surface area (Å²) in [6, 6.07) is 12.7. The fraction of sp³-hybridized carbons (Fsp3) is 0.517. The first kappa shape index (κ1) is 31.8. The van der Waals surface area contributed by atoms with Crippen molar-refractivity contribution in [2.24, 2.45) is 0 Å². The third-order valence-electron chi connectivity index (χ3n) is 7.79. The van der Waals surface area contributed by atoms with Gasteiger partial charge < -0.3 is 15.2 Å². The first-order valence-electron chi connectivity index (χ1n) is 14.0. The van der Waals surface area contributed by atoms with Gasteiger partial charge in [-0.3, -0.25) is 14.4 Å². The van der Waals surface area contributed by atoms with Gasteiger partial charge in [0.2, 0.25) is 5.91 Å². The van der Waals surface area contributed by atoms with E-state index in [0.29, 0.717) is 17.1 Å². The molecular weight excluding hydrogens is 575 g/mol. The fourth-order valence-corrected chi connectivity index (χ4v) is 6.33. The summed E-state index contributed by atoms with van der Waals surface area (Å²) >= 11 is 0. The molecule has 3 aliphatic rings. The molecule has 13 heteroatoms. The van der Waals surface area contributed by atoms with Gasteiger partial charge in [0.05, 0.1) is 23.5 Å². The minimum atomic E-state index is -5.08. The SMILES string of the molecule is O=C(NCCCN1CCOCC1)C1(c2ccc(NS(=O)(=O)c3ccc4c(c3)CCCC4)cc2)CC1.O=C(O)C(F)(F)F. The van der Waals surface area contributed by atoms with Crippen molar-refractivity contribution in [2.75, 3.05) is 44.1 Å². The van der Waals surface area contributed by atoms with Gasteiger partial charge in [0.25, 0.3) is 10.0 Å². The Balaban J connectivity index is 0.000000517. The summed E-state index contributed by atoms with van der Waals surface area (Å²) in [6.07, 6.45) is 1.71. The number of anilines is 1. The second-order valence-corrected chi connectivity index (χ2v) is 12.5. The van der Waals surface area contributed by atoms with Gasteiger partial charge in [-0.25, -0.2) is 13.2 Å². The summed E-state index contributed by atoms with van der Waals surface area (Å²) in [4.78, 5) is 24.5. The first-order chi connectivity index (χ1) is 19.9. The van der Waals surface area contributed by atoms with Crippen LogP contribution in [0.5, 0.6) is 0 Å². The number of nitrogens with one attached hydrogen (secondary N) is 2. The second-order valence-electron chi connectivity index (χ2n) is 10.8. The predicted octanol–water partition coefficient (Wildman–Crippen LogP) is 3.87. The molecule has 0 radical (unpaired) electrons. The number of amides is 1. The van der Waals surface area contributed by atoms with Crippen molar-refractivity contribution in [3.8, 4) is 0 Å². The fourth-order valence-electron chi connectivity index (χ4n) is 5.22. The average molecular weight is 612 g/mol. The van der Waals surface area contributed by atoms with E-state index < -0.39 is 27.6 Å². The molecule has 1 heterocycles. The van der Waals surface area contributed by atoms with Crippen LogP contribution in [0.4, 0.5) is 18.9 Å². The third kappa shape index (κ3) is 8.23. The van der Waals surface area contributed by atoms with Gasteiger partial charge in [0.15, 0.2) is 0 Å². The number of aryl methyl sites for hydroxylation is 2. The molecule has 0 atom stereocenters. The molecule has 2 aliphatic carbocycles. The quantitative estimate of drug-likeness (QED) is 0.368. The van der Waals surface area contributed by atoms with Crippen molar-refractivity contribution in [2.45, 2.75) is 61.4 Å². The van der Waals surface area contributed by atoms with E-state index in [1.54, 1.807) is 18.2 Å². The molecule has 0 spiro atoms. The van der Waals surface area contributed by atoms with Crippen LogP contribution in [0.1, 0.15) is 48.8 Å². The summed E-state index contributed by atoms with van der Waals surface area (Å²) in [6.45, 7) is 5.12. The highest BCUT2D eigenvalue weighted by Crippen LogP contribution is 2.48. The number of morpholine rings is 1. The van der Waals surface area contributed by atoms with Crippen LogP contribution in [-0.4, -0.2) is 75.9 Å². The lowest BCUT2D eigenvalue weighted by Crippen LogP contribution is -2.39. The maximum absolute atomic E-state index is 13.0. The van der Waals surface area contributed by atoms with Crippen molar-refractivity contribution >= 4 is 27.6 Å². The second kappa shape index (κ2) is 13.4. The maximum atomic E-state index is 13.0. The average Bonchev–Trinajstić information content (AvgIpc) is 3.78. The number of sulfonamides is 1. The van der Waals surface area contributed by atoms with Crippen molar-refractivity contribution in [3.05, 3.63) is 59.2 Å². The minimum Gasteiger partial charge on any atom is -0.475 e. The maximum Gasteiger partial charge on any atom is 0.490 e. The normalized spacial score (nSPS) is 18.2. The molecule has 2 fully saturated rings. The Morgan fingerprint density at radius 2 is 1.60 bits per heavy atom. The molecule has 3 N–H and O–H groups in total. The molecule has 230 valence electrons. The van der Waals surface area contributed by atoms with Crippen molar-refractivity contribution < 1.29 is 41.0 Å². The van der Waals surface area contributed by atoms with E-state index in [-0.39, 0.29) is 5.91 Å². The number of benzene rings is 2. The molecule has 1 amide bonds. The lowest BCUT2D eigenvalue weighted by Gasteiger charge is -2.26. The number of hydrogen-bond donors (Lipinski definition) is 3. The molecule has 0 unspecified atom stereocenters. The van der Waals surface area contributed by atoms with E-state index in [2.05, 4.69) is 14.9 Å². The van der Waals surface area contributed by atoms with Gasteiger partial charge in [-0.05, 0) is 92.4 Å². The van der Waals surface area contributed by atoms with Crippen molar-refractivity contribution in [1.29, 1.82) is 0 Å². The monoisotopic (exact) mass is 611 g/mol. The predicted molar refractivity (Wildman–Crippen MR) is 150 cm³/mol. The first-order valence-corrected chi connectivity index (χ1v) is 15.5. The largest absolute Gasteiger partial charge is 0.490 e. The third-order valence-corrected chi connectivity index (χ3v) is 9.17. The van der Waals surface area contributed by atoms with Gasteiger partial charge in [-0.15, -0.1) is 0 Å². The molecule has 2 aromatic rings. The number of carboxylic acids is 1. The summed E-state index contributed by atoms with van der Waals surface area (Å²) in [7, 11) is -3.66. The molecule has 0 aromatic heterocycles. The molecule has 5 rings (SSSR count). The molecular formula is C29H36F3N3O6S. The number of nitrogens with zero attached hydrogens (tertiary/aromatic N) is 1. The van der Waals surface area contributed by atoms with E-state index in [9.17, 15) is 26.4 Å². The highest BCUT2D eigenvalue weighted by atomic mass is 32.2. The lowest BCUT2D eigenvalue weighted by atomic mass is 9.92. The molecule has 1 saturated heterocycles. The minimum absolute atomic E-state index is 0.0712. The zero-order chi connectivity index (χ0) is 30.4. The number of halogens is 3. The lowest BCUT2D eigenvalue weighted by molar-refractivity contribution is -0.192. The van der Waals surface area contributed by atoms with E-state index in [1.165, 1.54) is 5.56 Å². The zero-order valence-corrected chi connectivity index (χ0v) is 24.0. The smallest absolute Gasteiger partial charge is 0.475 e. The Kier molecular flexibility index (Phi) is 10.2. The topological polar surface area (TPSA) is 125 Å². The van der Waals surface area contributed by atoms with Gasteiger partial charge in [-0.2, -0.15) is 13.2 Å². The molecule has 0 bridgehead atoms. The number of rotatable bonds is 9. The summed E-state index contributed by atoms with van der Waals surface area (Å²) in [5.74, 6) is -2.69. The van der Waals surface area contributed by atoms with Crippen LogP contribution in [0.2, 0.25) is 0 Å². The van der Waals surface area contributed by atoms with Crippen LogP contribution in [-0.2, 0) is 42.6 Å². The number of carbonyl (C=O) groups excluding carboxylic acids is 1. The Labute approximate surface area is 243 Å². The molecule has 9 nitrogen and oxygen atoms in total. The summed E-state index contributed by atoms with van der Waals surface area (Å²) in [5.41, 5.74) is 3.37. The van der Waals surface area contributed by atoms with Gasteiger partial charge in [-0.1, -0.05) is 18.2 Å². The summed E-state index contributed by atoms with van der Waals surface area (Å²) in [5, 5.41) is 10.2.